The number of likely N-dealkylation sites (tertiary alicyclic amines) is 1. The second kappa shape index (κ2) is 6.27. The largest absolute Gasteiger partial charge is 0.326 e. The van der Waals surface area contributed by atoms with E-state index in [1.54, 1.807) is 0 Å². The number of aromatic nitrogens is 1. The maximum Gasteiger partial charge on any atom is 0.0544 e. The highest BCUT2D eigenvalue weighted by Gasteiger charge is 2.21. The molecule has 4 nitrogen and oxygen atoms in total. The molecule has 1 aromatic heterocycles. The molecule has 100 valence electrons. The normalized spacial score (nSPS) is 21.4. The Morgan fingerprint density at radius 2 is 2.28 bits per heavy atom. The van der Waals surface area contributed by atoms with Gasteiger partial charge in [0.15, 0.2) is 0 Å². The highest BCUT2D eigenvalue weighted by molar-refractivity contribution is 5.13. The highest BCUT2D eigenvalue weighted by Crippen LogP contribution is 2.15. The second-order valence-corrected chi connectivity index (χ2v) is 5.36. The third-order valence-corrected chi connectivity index (χ3v) is 3.72. The molecule has 2 heterocycles. The van der Waals surface area contributed by atoms with Gasteiger partial charge < -0.3 is 10.6 Å². The van der Waals surface area contributed by atoms with Crippen molar-refractivity contribution in [2.24, 2.45) is 5.73 Å². The van der Waals surface area contributed by atoms with Crippen molar-refractivity contribution in [2.75, 3.05) is 27.2 Å². The van der Waals surface area contributed by atoms with E-state index < -0.39 is 0 Å². The quantitative estimate of drug-likeness (QED) is 0.865. The predicted molar refractivity (Wildman–Crippen MR) is 74.1 cm³/mol. The molecule has 0 amide bonds. The molecule has 4 heteroatoms. The summed E-state index contributed by atoms with van der Waals surface area (Å²) in [7, 11) is 4.34. The maximum atomic E-state index is 5.58. The van der Waals surface area contributed by atoms with Crippen molar-refractivity contribution < 1.29 is 0 Å². The molecule has 0 saturated carbocycles. The van der Waals surface area contributed by atoms with Crippen LogP contribution in [0.5, 0.6) is 0 Å². The molecule has 1 aliphatic rings. The Morgan fingerprint density at radius 3 is 2.89 bits per heavy atom. The fourth-order valence-corrected chi connectivity index (χ4v) is 2.49. The van der Waals surface area contributed by atoms with Crippen LogP contribution in [-0.2, 0) is 13.1 Å². The van der Waals surface area contributed by atoms with Gasteiger partial charge in [-0.25, -0.2) is 0 Å². The number of nitrogens with zero attached hydrogens (tertiary/aromatic N) is 3. The summed E-state index contributed by atoms with van der Waals surface area (Å²) in [5, 5.41) is 0. The molecule has 2 rings (SSSR count). The topological polar surface area (TPSA) is 45.4 Å². The van der Waals surface area contributed by atoms with Gasteiger partial charge in [-0.2, -0.15) is 0 Å². The standard InChI is InChI=1S/C14H24N4/c1-17(2)14-4-3-7-18(11-14)10-13-6-5-12(8-15)9-16-13/h5-6,9,14H,3-4,7-8,10-11,15H2,1-2H3. The molecule has 0 aromatic carbocycles. The van der Waals surface area contributed by atoms with Gasteiger partial charge in [-0.1, -0.05) is 6.07 Å². The highest BCUT2D eigenvalue weighted by atomic mass is 15.2. The third-order valence-electron chi connectivity index (χ3n) is 3.72. The molecule has 1 fully saturated rings. The fourth-order valence-electron chi connectivity index (χ4n) is 2.49. The lowest BCUT2D eigenvalue weighted by Crippen LogP contribution is -2.44. The number of piperidine rings is 1. The zero-order valence-corrected chi connectivity index (χ0v) is 11.5. The Bertz CT molecular complexity index is 361. The van der Waals surface area contributed by atoms with Crippen molar-refractivity contribution in [3.05, 3.63) is 29.6 Å². The minimum absolute atomic E-state index is 0.569. The predicted octanol–water partition coefficient (Wildman–Crippen LogP) is 1.07. The lowest BCUT2D eigenvalue weighted by Gasteiger charge is -2.35. The molecule has 1 unspecified atom stereocenters. The third kappa shape index (κ3) is 3.51. The first-order chi connectivity index (χ1) is 8.69. The van der Waals surface area contributed by atoms with Crippen LogP contribution in [0, 0.1) is 0 Å². The van der Waals surface area contributed by atoms with Crippen LogP contribution in [0.3, 0.4) is 0 Å². The molecule has 18 heavy (non-hydrogen) atoms. The van der Waals surface area contributed by atoms with E-state index >= 15 is 0 Å². The number of hydrogen-bond acceptors (Lipinski definition) is 4. The van der Waals surface area contributed by atoms with Crippen LogP contribution in [0.1, 0.15) is 24.1 Å². The lowest BCUT2D eigenvalue weighted by molar-refractivity contribution is 0.127. The molecule has 1 atom stereocenters. The molecule has 0 bridgehead atoms. The summed E-state index contributed by atoms with van der Waals surface area (Å²) in [4.78, 5) is 9.31. The number of likely N-dealkylation sites (N-methyl/N-ethyl adjacent to an activating group) is 1. The molecule has 0 aliphatic carbocycles. The smallest absolute Gasteiger partial charge is 0.0544 e. The van der Waals surface area contributed by atoms with Gasteiger partial charge in [0.25, 0.3) is 0 Å². The lowest BCUT2D eigenvalue weighted by atomic mass is 10.0. The average Bonchev–Trinajstić information content (AvgIpc) is 2.40. The Labute approximate surface area is 110 Å². The van der Waals surface area contributed by atoms with Gasteiger partial charge in [-0.05, 0) is 45.1 Å². The van der Waals surface area contributed by atoms with Gasteiger partial charge >= 0.3 is 0 Å². The molecular formula is C14H24N4. The van der Waals surface area contributed by atoms with Crippen LogP contribution in [0.25, 0.3) is 0 Å². The maximum absolute atomic E-state index is 5.58. The molecular weight excluding hydrogens is 224 g/mol. The first-order valence-corrected chi connectivity index (χ1v) is 6.71. The van der Waals surface area contributed by atoms with Crippen molar-refractivity contribution in [1.82, 2.24) is 14.8 Å². The van der Waals surface area contributed by atoms with Crippen LogP contribution in [0.2, 0.25) is 0 Å². The molecule has 0 spiro atoms. The van der Waals surface area contributed by atoms with Gasteiger partial charge in [0, 0.05) is 31.9 Å². The van der Waals surface area contributed by atoms with Crippen LogP contribution < -0.4 is 5.73 Å². The van der Waals surface area contributed by atoms with Crippen molar-refractivity contribution in [3.8, 4) is 0 Å². The zero-order chi connectivity index (χ0) is 13.0. The first-order valence-electron chi connectivity index (χ1n) is 6.71. The fraction of sp³-hybridized carbons (Fsp3) is 0.643. The molecule has 2 N–H and O–H groups in total. The number of pyridine rings is 1. The summed E-state index contributed by atoms with van der Waals surface area (Å²) in [6, 6.07) is 4.86. The van der Waals surface area contributed by atoms with Crippen LogP contribution in [-0.4, -0.2) is 48.0 Å². The Kier molecular flexibility index (Phi) is 4.69. The number of rotatable bonds is 4. The minimum Gasteiger partial charge on any atom is -0.326 e. The van der Waals surface area contributed by atoms with E-state index in [2.05, 4.69) is 41.0 Å². The molecule has 1 saturated heterocycles. The van der Waals surface area contributed by atoms with E-state index in [4.69, 9.17) is 5.73 Å². The van der Waals surface area contributed by atoms with E-state index in [-0.39, 0.29) is 0 Å². The van der Waals surface area contributed by atoms with Crippen LogP contribution >= 0.6 is 0 Å². The molecule has 1 aromatic rings. The van der Waals surface area contributed by atoms with Crippen LogP contribution in [0.4, 0.5) is 0 Å². The average molecular weight is 248 g/mol. The van der Waals surface area contributed by atoms with Crippen molar-refractivity contribution in [1.29, 1.82) is 0 Å². The van der Waals surface area contributed by atoms with E-state index in [1.807, 2.05) is 6.20 Å². The van der Waals surface area contributed by atoms with Crippen molar-refractivity contribution >= 4 is 0 Å². The summed E-state index contributed by atoms with van der Waals surface area (Å²) in [5.74, 6) is 0. The number of nitrogens with two attached hydrogens (primary N) is 1. The van der Waals surface area contributed by atoms with Gasteiger partial charge in [0.2, 0.25) is 0 Å². The zero-order valence-electron chi connectivity index (χ0n) is 11.5. The minimum atomic E-state index is 0.569. The van der Waals surface area contributed by atoms with E-state index in [1.165, 1.54) is 19.4 Å². The number of hydrogen-bond donors (Lipinski definition) is 1. The Hall–Kier alpha value is -0.970. The van der Waals surface area contributed by atoms with Gasteiger partial charge in [0.1, 0.15) is 0 Å². The van der Waals surface area contributed by atoms with Gasteiger partial charge in [-0.15, -0.1) is 0 Å². The SMILES string of the molecule is CN(C)C1CCCN(Cc2ccc(CN)cn2)C1. The first kappa shape index (κ1) is 13.5. The van der Waals surface area contributed by atoms with Gasteiger partial charge in [0.05, 0.1) is 5.69 Å². The second-order valence-electron chi connectivity index (χ2n) is 5.36. The van der Waals surface area contributed by atoms with Gasteiger partial charge in [-0.3, -0.25) is 9.88 Å². The summed E-state index contributed by atoms with van der Waals surface area (Å²) < 4.78 is 0. The monoisotopic (exact) mass is 248 g/mol. The molecule has 0 radical (unpaired) electrons. The summed E-state index contributed by atoms with van der Waals surface area (Å²) >= 11 is 0. The van der Waals surface area contributed by atoms with E-state index in [9.17, 15) is 0 Å². The summed E-state index contributed by atoms with van der Waals surface area (Å²) in [6.45, 7) is 3.85. The molecule has 1 aliphatic heterocycles. The van der Waals surface area contributed by atoms with E-state index in [0.717, 1.165) is 24.3 Å². The van der Waals surface area contributed by atoms with Crippen molar-refractivity contribution in [3.63, 3.8) is 0 Å². The van der Waals surface area contributed by atoms with E-state index in [0.29, 0.717) is 12.6 Å². The Morgan fingerprint density at radius 1 is 1.44 bits per heavy atom. The summed E-state index contributed by atoms with van der Waals surface area (Å²) in [6.07, 6.45) is 4.48. The summed E-state index contributed by atoms with van der Waals surface area (Å²) in [5.41, 5.74) is 7.83. The Balaban J connectivity index is 1.91. The van der Waals surface area contributed by atoms with Crippen LogP contribution in [0.15, 0.2) is 18.3 Å². The van der Waals surface area contributed by atoms with Crippen molar-refractivity contribution in [2.45, 2.75) is 32.0 Å².